The van der Waals surface area contributed by atoms with E-state index in [1.807, 2.05) is 19.9 Å². The van der Waals surface area contributed by atoms with Gasteiger partial charge in [-0.3, -0.25) is 4.99 Å². The third-order valence-electron chi connectivity index (χ3n) is 1.63. The first kappa shape index (κ1) is 11.2. The maximum atomic E-state index is 4.36. The molecule has 0 spiro atoms. The SMILES string of the molecule is C/C=C/N(/C(C)=N\CC)C(C)C. The Hall–Kier alpha value is -0.790. The van der Waals surface area contributed by atoms with Crippen LogP contribution in [0, 0.1) is 0 Å². The second kappa shape index (κ2) is 5.81. The average molecular weight is 168 g/mol. The van der Waals surface area contributed by atoms with Crippen LogP contribution in [0.3, 0.4) is 0 Å². The second-order valence-corrected chi connectivity index (χ2v) is 3.00. The van der Waals surface area contributed by atoms with Crippen molar-refractivity contribution < 1.29 is 0 Å². The lowest BCUT2D eigenvalue weighted by Crippen LogP contribution is -2.30. The molecule has 2 heteroatoms. The normalized spacial score (nSPS) is 13.0. The standard InChI is InChI=1S/C10H20N2/c1-6-8-12(9(3)4)10(5)11-7-2/h6,8-9H,7H2,1-5H3/b8-6+,11-10-. The van der Waals surface area contributed by atoms with E-state index < -0.39 is 0 Å². The molecule has 12 heavy (non-hydrogen) atoms. The van der Waals surface area contributed by atoms with Gasteiger partial charge in [0.25, 0.3) is 0 Å². The number of rotatable bonds is 3. The molecule has 0 saturated heterocycles. The number of aliphatic imine (C=N–C) groups is 1. The molecule has 0 saturated carbocycles. The van der Waals surface area contributed by atoms with Gasteiger partial charge in [0.15, 0.2) is 0 Å². The Morgan fingerprint density at radius 2 is 2.08 bits per heavy atom. The highest BCUT2D eigenvalue weighted by Gasteiger charge is 2.05. The molecule has 2 nitrogen and oxygen atoms in total. The molecule has 0 rings (SSSR count). The Balaban J connectivity index is 4.39. The van der Waals surface area contributed by atoms with E-state index in [2.05, 4.69) is 36.9 Å². The summed E-state index contributed by atoms with van der Waals surface area (Å²) in [7, 11) is 0. The third kappa shape index (κ3) is 3.56. The number of hydrogen-bond donors (Lipinski definition) is 0. The lowest BCUT2D eigenvalue weighted by Gasteiger charge is -2.24. The summed E-state index contributed by atoms with van der Waals surface area (Å²) < 4.78 is 0. The minimum Gasteiger partial charge on any atom is -0.335 e. The zero-order valence-electron chi connectivity index (χ0n) is 8.83. The fraction of sp³-hybridized carbons (Fsp3) is 0.700. The summed E-state index contributed by atoms with van der Waals surface area (Å²) in [5, 5.41) is 0. The van der Waals surface area contributed by atoms with Gasteiger partial charge in [-0.1, -0.05) is 6.08 Å². The van der Waals surface area contributed by atoms with Gasteiger partial charge in [-0.25, -0.2) is 0 Å². The fourth-order valence-electron chi connectivity index (χ4n) is 1.12. The van der Waals surface area contributed by atoms with Crippen LogP contribution in [-0.4, -0.2) is 23.3 Å². The van der Waals surface area contributed by atoms with Crippen LogP contribution in [0.4, 0.5) is 0 Å². The van der Waals surface area contributed by atoms with E-state index in [0.29, 0.717) is 6.04 Å². The van der Waals surface area contributed by atoms with Gasteiger partial charge in [-0.2, -0.15) is 0 Å². The van der Waals surface area contributed by atoms with Gasteiger partial charge in [0, 0.05) is 18.8 Å². The van der Waals surface area contributed by atoms with Crippen LogP contribution in [0.1, 0.15) is 34.6 Å². The van der Waals surface area contributed by atoms with Crippen molar-refractivity contribution in [3.05, 3.63) is 12.3 Å². The van der Waals surface area contributed by atoms with Crippen molar-refractivity contribution in [3.8, 4) is 0 Å². The van der Waals surface area contributed by atoms with Gasteiger partial charge in [-0.15, -0.1) is 0 Å². The van der Waals surface area contributed by atoms with Gasteiger partial charge in [0.2, 0.25) is 0 Å². The van der Waals surface area contributed by atoms with Gasteiger partial charge in [0.05, 0.1) is 5.84 Å². The van der Waals surface area contributed by atoms with Gasteiger partial charge < -0.3 is 4.90 Å². The summed E-state index contributed by atoms with van der Waals surface area (Å²) in [6, 6.07) is 0.483. The molecule has 0 N–H and O–H groups in total. The predicted octanol–water partition coefficient (Wildman–Crippen LogP) is 2.67. The molecule has 0 aliphatic heterocycles. The van der Waals surface area contributed by atoms with Crippen molar-refractivity contribution in [3.63, 3.8) is 0 Å². The van der Waals surface area contributed by atoms with Crippen LogP contribution in [0.15, 0.2) is 17.3 Å². The van der Waals surface area contributed by atoms with Gasteiger partial charge >= 0.3 is 0 Å². The van der Waals surface area contributed by atoms with Crippen LogP contribution in [-0.2, 0) is 0 Å². The first-order chi connectivity index (χ1) is 5.63. The molecule has 0 aliphatic carbocycles. The van der Waals surface area contributed by atoms with Crippen molar-refractivity contribution in [2.45, 2.75) is 40.7 Å². The van der Waals surface area contributed by atoms with Crippen molar-refractivity contribution in [2.24, 2.45) is 4.99 Å². The molecular formula is C10H20N2. The Kier molecular flexibility index (Phi) is 5.43. The van der Waals surface area contributed by atoms with E-state index in [-0.39, 0.29) is 0 Å². The molecule has 0 bridgehead atoms. The summed E-state index contributed by atoms with van der Waals surface area (Å²) in [6.07, 6.45) is 4.11. The van der Waals surface area contributed by atoms with E-state index in [0.717, 1.165) is 12.4 Å². The molecule has 0 aromatic heterocycles. The average Bonchev–Trinajstić information content (AvgIpc) is 1.99. The zero-order valence-corrected chi connectivity index (χ0v) is 8.83. The highest BCUT2D eigenvalue weighted by atomic mass is 15.2. The maximum Gasteiger partial charge on any atom is 0.0999 e. The molecule has 0 aromatic carbocycles. The predicted molar refractivity (Wildman–Crippen MR) is 55.4 cm³/mol. The molecule has 0 amide bonds. The molecule has 0 heterocycles. The van der Waals surface area contributed by atoms with E-state index in [4.69, 9.17) is 0 Å². The zero-order chi connectivity index (χ0) is 9.56. The summed E-state index contributed by atoms with van der Waals surface area (Å²) >= 11 is 0. The first-order valence-electron chi connectivity index (χ1n) is 4.55. The number of allylic oxidation sites excluding steroid dienone is 1. The monoisotopic (exact) mass is 168 g/mol. The van der Waals surface area contributed by atoms with Crippen molar-refractivity contribution >= 4 is 5.84 Å². The highest BCUT2D eigenvalue weighted by molar-refractivity contribution is 5.80. The van der Waals surface area contributed by atoms with Gasteiger partial charge in [0.1, 0.15) is 0 Å². The van der Waals surface area contributed by atoms with Crippen molar-refractivity contribution in [2.75, 3.05) is 6.54 Å². The Morgan fingerprint density at radius 3 is 2.42 bits per heavy atom. The number of amidine groups is 1. The first-order valence-corrected chi connectivity index (χ1v) is 4.55. The lowest BCUT2D eigenvalue weighted by molar-refractivity contribution is 0.454. The molecule has 0 radical (unpaired) electrons. The number of hydrogen-bond acceptors (Lipinski definition) is 1. The molecule has 70 valence electrons. The molecule has 0 fully saturated rings. The van der Waals surface area contributed by atoms with E-state index in [1.165, 1.54) is 0 Å². The van der Waals surface area contributed by atoms with Crippen molar-refractivity contribution in [1.82, 2.24) is 4.90 Å². The van der Waals surface area contributed by atoms with Gasteiger partial charge in [-0.05, 0) is 34.6 Å². The molecule has 0 unspecified atom stereocenters. The topological polar surface area (TPSA) is 15.6 Å². The van der Waals surface area contributed by atoms with E-state index >= 15 is 0 Å². The maximum absolute atomic E-state index is 4.36. The van der Waals surface area contributed by atoms with Crippen LogP contribution < -0.4 is 0 Å². The highest BCUT2D eigenvalue weighted by Crippen LogP contribution is 2.01. The molecular weight excluding hydrogens is 148 g/mol. The van der Waals surface area contributed by atoms with E-state index in [9.17, 15) is 0 Å². The Morgan fingerprint density at radius 1 is 1.50 bits per heavy atom. The van der Waals surface area contributed by atoms with Crippen LogP contribution in [0.2, 0.25) is 0 Å². The minimum absolute atomic E-state index is 0.483. The number of nitrogens with zero attached hydrogens (tertiary/aromatic N) is 2. The summed E-state index contributed by atoms with van der Waals surface area (Å²) in [5.74, 6) is 1.09. The van der Waals surface area contributed by atoms with Crippen LogP contribution in [0.5, 0.6) is 0 Å². The summed E-state index contributed by atoms with van der Waals surface area (Å²) in [5.41, 5.74) is 0. The quantitative estimate of drug-likeness (QED) is 0.467. The fourth-order valence-corrected chi connectivity index (χ4v) is 1.12. The third-order valence-corrected chi connectivity index (χ3v) is 1.63. The Labute approximate surface area is 76.0 Å². The molecule has 0 atom stereocenters. The summed E-state index contributed by atoms with van der Waals surface area (Å²) in [4.78, 5) is 6.53. The van der Waals surface area contributed by atoms with Crippen LogP contribution >= 0.6 is 0 Å². The van der Waals surface area contributed by atoms with Crippen molar-refractivity contribution in [1.29, 1.82) is 0 Å². The summed E-state index contributed by atoms with van der Waals surface area (Å²) in [6.45, 7) is 11.3. The second-order valence-electron chi connectivity index (χ2n) is 3.00. The smallest absolute Gasteiger partial charge is 0.0999 e. The Bertz CT molecular complexity index is 169. The van der Waals surface area contributed by atoms with Crippen LogP contribution in [0.25, 0.3) is 0 Å². The molecule has 0 aliphatic rings. The largest absolute Gasteiger partial charge is 0.335 e. The molecule has 0 aromatic rings. The minimum atomic E-state index is 0.483. The lowest BCUT2D eigenvalue weighted by atomic mass is 10.3. The van der Waals surface area contributed by atoms with E-state index in [1.54, 1.807) is 0 Å².